The van der Waals surface area contributed by atoms with E-state index in [-0.39, 0.29) is 18.0 Å². The molecule has 26 heavy (non-hydrogen) atoms. The number of amides is 1. The first-order valence-electron chi connectivity index (χ1n) is 8.56. The van der Waals surface area contributed by atoms with Gasteiger partial charge in [-0.05, 0) is 36.6 Å². The minimum Gasteiger partial charge on any atom is -0.275 e. The summed E-state index contributed by atoms with van der Waals surface area (Å²) < 4.78 is 1.85. The van der Waals surface area contributed by atoms with Gasteiger partial charge in [-0.2, -0.15) is 10.1 Å². The van der Waals surface area contributed by atoms with Gasteiger partial charge < -0.3 is 0 Å². The molecule has 5 nitrogen and oxygen atoms in total. The summed E-state index contributed by atoms with van der Waals surface area (Å²) in [6, 6.07) is 16.0. The molecule has 0 saturated heterocycles. The molecule has 2 heterocycles. The van der Waals surface area contributed by atoms with Crippen LogP contribution in [-0.4, -0.2) is 20.7 Å². The molecule has 0 fully saturated rings. The topological polar surface area (TPSA) is 51.0 Å². The quantitative estimate of drug-likeness (QED) is 0.678. The van der Waals surface area contributed by atoms with Gasteiger partial charge in [0.25, 0.3) is 0 Å². The van der Waals surface area contributed by atoms with E-state index in [1.807, 2.05) is 28.9 Å². The Balaban J connectivity index is 1.82. The van der Waals surface area contributed by atoms with E-state index in [0.29, 0.717) is 11.0 Å². The Bertz CT molecular complexity index is 933. The second-order valence-corrected chi connectivity index (χ2v) is 7.06. The summed E-state index contributed by atoms with van der Waals surface area (Å²) in [5, 5.41) is 5.08. The van der Waals surface area contributed by atoms with Crippen LogP contribution in [0.1, 0.15) is 42.1 Å². The van der Waals surface area contributed by atoms with Gasteiger partial charge in [-0.15, -0.1) is 0 Å². The Labute approximate surface area is 157 Å². The zero-order valence-electron chi connectivity index (χ0n) is 14.6. The van der Waals surface area contributed by atoms with Crippen molar-refractivity contribution in [2.75, 3.05) is 4.90 Å². The summed E-state index contributed by atoms with van der Waals surface area (Å²) in [5.41, 5.74) is 3.41. The summed E-state index contributed by atoms with van der Waals surface area (Å²) in [7, 11) is 0. The first-order valence-corrected chi connectivity index (χ1v) is 8.93. The fourth-order valence-electron chi connectivity index (χ4n) is 3.59. The standard InChI is InChI=1S/C20H19ClN4O/c1-13-3-5-16(6-4-13)19-11-18(15-7-9-17(21)10-8-15)24(14(2)26)20-22-12-23-25(19)20/h3-10,12,18-19H,11H2,1-2H3/t18-,19-/m0/s1. The van der Waals surface area contributed by atoms with Gasteiger partial charge in [0.2, 0.25) is 11.9 Å². The molecule has 0 radical (unpaired) electrons. The molecule has 6 heteroatoms. The molecule has 0 unspecified atom stereocenters. The second kappa shape index (κ2) is 6.57. The number of halogens is 1. The van der Waals surface area contributed by atoms with E-state index in [9.17, 15) is 4.79 Å². The Morgan fingerprint density at radius 2 is 1.65 bits per heavy atom. The van der Waals surface area contributed by atoms with Crippen LogP contribution >= 0.6 is 11.6 Å². The predicted molar refractivity (Wildman–Crippen MR) is 101 cm³/mol. The normalized spacial score (nSPS) is 19.3. The fraction of sp³-hybridized carbons (Fsp3) is 0.250. The molecule has 0 aliphatic carbocycles. The third kappa shape index (κ3) is 2.88. The van der Waals surface area contributed by atoms with Crippen LogP contribution in [0, 0.1) is 6.92 Å². The van der Waals surface area contributed by atoms with Crippen LogP contribution < -0.4 is 4.90 Å². The first-order chi connectivity index (χ1) is 12.5. The molecule has 0 N–H and O–H groups in total. The zero-order chi connectivity index (χ0) is 18.3. The SMILES string of the molecule is CC(=O)N1c2ncnn2[C@H](c2ccc(C)cc2)C[C@H]1c1ccc(Cl)cc1. The van der Waals surface area contributed by atoms with Crippen molar-refractivity contribution in [3.63, 3.8) is 0 Å². The number of fused-ring (bicyclic) bond motifs is 1. The molecule has 4 rings (SSSR count). The highest BCUT2D eigenvalue weighted by molar-refractivity contribution is 6.30. The van der Waals surface area contributed by atoms with Crippen molar-refractivity contribution in [1.82, 2.24) is 14.8 Å². The number of rotatable bonds is 2. The third-order valence-electron chi connectivity index (χ3n) is 4.88. The highest BCUT2D eigenvalue weighted by atomic mass is 35.5. The smallest absolute Gasteiger partial charge is 0.231 e. The van der Waals surface area contributed by atoms with E-state index in [0.717, 1.165) is 17.5 Å². The van der Waals surface area contributed by atoms with Crippen molar-refractivity contribution in [2.45, 2.75) is 32.4 Å². The maximum atomic E-state index is 12.4. The van der Waals surface area contributed by atoms with Gasteiger partial charge in [-0.25, -0.2) is 4.68 Å². The van der Waals surface area contributed by atoms with E-state index in [1.165, 1.54) is 11.9 Å². The minimum absolute atomic E-state index is 0.0179. The molecular weight excluding hydrogens is 348 g/mol. The fourth-order valence-corrected chi connectivity index (χ4v) is 3.71. The highest BCUT2D eigenvalue weighted by Gasteiger charge is 2.38. The summed E-state index contributed by atoms with van der Waals surface area (Å²) in [6.07, 6.45) is 2.23. The largest absolute Gasteiger partial charge is 0.275 e. The van der Waals surface area contributed by atoms with Crippen molar-refractivity contribution in [2.24, 2.45) is 0 Å². The van der Waals surface area contributed by atoms with Crippen LogP contribution in [0.25, 0.3) is 0 Å². The van der Waals surface area contributed by atoms with Crippen LogP contribution in [-0.2, 0) is 4.79 Å². The van der Waals surface area contributed by atoms with Gasteiger partial charge >= 0.3 is 0 Å². The first kappa shape index (κ1) is 16.8. The molecule has 0 saturated carbocycles. The van der Waals surface area contributed by atoms with Gasteiger partial charge in [0.1, 0.15) is 6.33 Å². The Hall–Kier alpha value is -2.66. The number of hydrogen-bond acceptors (Lipinski definition) is 3. The molecule has 1 amide bonds. The van der Waals surface area contributed by atoms with Gasteiger partial charge in [-0.3, -0.25) is 9.69 Å². The average Bonchev–Trinajstić information content (AvgIpc) is 3.11. The summed E-state index contributed by atoms with van der Waals surface area (Å²) in [5.74, 6) is 0.524. The molecule has 1 aliphatic rings. The molecule has 0 bridgehead atoms. The van der Waals surface area contributed by atoms with Crippen LogP contribution in [0.2, 0.25) is 5.02 Å². The van der Waals surface area contributed by atoms with Crippen molar-refractivity contribution in [3.05, 3.63) is 76.6 Å². The molecule has 0 spiro atoms. The predicted octanol–water partition coefficient (Wildman–Crippen LogP) is 4.33. The number of aryl methyl sites for hydroxylation is 1. The monoisotopic (exact) mass is 366 g/mol. The average molecular weight is 367 g/mol. The molecule has 1 aromatic heterocycles. The lowest BCUT2D eigenvalue weighted by Gasteiger charge is -2.38. The molecule has 132 valence electrons. The third-order valence-corrected chi connectivity index (χ3v) is 5.13. The Kier molecular flexibility index (Phi) is 4.24. The molecule has 2 atom stereocenters. The second-order valence-electron chi connectivity index (χ2n) is 6.62. The van der Waals surface area contributed by atoms with Crippen LogP contribution in [0.5, 0.6) is 0 Å². The molecule has 1 aliphatic heterocycles. The Morgan fingerprint density at radius 3 is 2.31 bits per heavy atom. The van der Waals surface area contributed by atoms with Gasteiger partial charge in [0, 0.05) is 11.9 Å². The van der Waals surface area contributed by atoms with E-state index < -0.39 is 0 Å². The number of nitrogens with zero attached hydrogens (tertiary/aromatic N) is 4. The number of carbonyl (C=O) groups is 1. The summed E-state index contributed by atoms with van der Waals surface area (Å²) >= 11 is 6.05. The van der Waals surface area contributed by atoms with Crippen LogP contribution in [0.4, 0.5) is 5.95 Å². The van der Waals surface area contributed by atoms with Crippen LogP contribution in [0.3, 0.4) is 0 Å². The van der Waals surface area contributed by atoms with Gasteiger partial charge in [0.15, 0.2) is 0 Å². The number of aromatic nitrogens is 3. The maximum absolute atomic E-state index is 12.4. The van der Waals surface area contributed by atoms with Gasteiger partial charge in [0.05, 0.1) is 12.1 Å². The molecule has 3 aromatic rings. The van der Waals surface area contributed by atoms with E-state index in [2.05, 4.69) is 41.3 Å². The highest BCUT2D eigenvalue weighted by Crippen LogP contribution is 2.41. The maximum Gasteiger partial charge on any atom is 0.231 e. The summed E-state index contributed by atoms with van der Waals surface area (Å²) in [4.78, 5) is 18.5. The van der Waals surface area contributed by atoms with Crippen molar-refractivity contribution >= 4 is 23.5 Å². The number of hydrogen-bond donors (Lipinski definition) is 0. The molecule has 2 aromatic carbocycles. The minimum atomic E-state index is -0.118. The number of anilines is 1. The van der Waals surface area contributed by atoms with Gasteiger partial charge in [-0.1, -0.05) is 53.6 Å². The van der Waals surface area contributed by atoms with Crippen molar-refractivity contribution < 1.29 is 4.79 Å². The van der Waals surface area contributed by atoms with E-state index in [4.69, 9.17) is 11.6 Å². The lowest BCUT2D eigenvalue weighted by molar-refractivity contribution is -0.117. The van der Waals surface area contributed by atoms with E-state index >= 15 is 0 Å². The van der Waals surface area contributed by atoms with Crippen molar-refractivity contribution in [3.8, 4) is 0 Å². The van der Waals surface area contributed by atoms with Crippen LogP contribution in [0.15, 0.2) is 54.9 Å². The lowest BCUT2D eigenvalue weighted by atomic mass is 9.91. The molecular formula is C20H19ClN4O. The Morgan fingerprint density at radius 1 is 1.04 bits per heavy atom. The lowest BCUT2D eigenvalue weighted by Crippen LogP contribution is -2.41. The number of benzene rings is 2. The number of carbonyl (C=O) groups excluding carboxylic acids is 1. The summed E-state index contributed by atoms with van der Waals surface area (Å²) in [6.45, 7) is 3.63. The van der Waals surface area contributed by atoms with E-state index in [1.54, 1.807) is 11.8 Å². The zero-order valence-corrected chi connectivity index (χ0v) is 15.4. The van der Waals surface area contributed by atoms with Crippen molar-refractivity contribution in [1.29, 1.82) is 0 Å².